The van der Waals surface area contributed by atoms with Crippen molar-refractivity contribution in [3.63, 3.8) is 0 Å². The summed E-state index contributed by atoms with van der Waals surface area (Å²) in [6.07, 6.45) is 1.59. The minimum Gasteiger partial charge on any atom is -0.494 e. The molecule has 0 radical (unpaired) electrons. The van der Waals surface area contributed by atoms with Crippen molar-refractivity contribution < 1.29 is 18.9 Å². The van der Waals surface area contributed by atoms with Crippen LogP contribution in [-0.4, -0.2) is 23.1 Å². The number of furan rings is 1. The van der Waals surface area contributed by atoms with Crippen molar-refractivity contribution in [1.29, 1.82) is 0 Å². The second-order valence-electron chi connectivity index (χ2n) is 6.77. The average molecular weight is 417 g/mol. The van der Waals surface area contributed by atoms with Gasteiger partial charge >= 0.3 is 0 Å². The number of ether oxygens (including phenoxy) is 1. The third kappa shape index (κ3) is 3.95. The fourth-order valence-corrected chi connectivity index (χ4v) is 3.27. The molecule has 0 saturated heterocycles. The lowest BCUT2D eigenvalue weighted by Crippen LogP contribution is -2.21. The third-order valence-corrected chi connectivity index (χ3v) is 4.72. The molecule has 0 atom stereocenters. The predicted molar refractivity (Wildman–Crippen MR) is 117 cm³/mol. The molecule has 1 aliphatic rings. The maximum Gasteiger partial charge on any atom is 0.284 e. The molecule has 2 aromatic carbocycles. The van der Waals surface area contributed by atoms with E-state index in [0.29, 0.717) is 46.4 Å². The molecule has 1 aromatic heterocycles. The van der Waals surface area contributed by atoms with E-state index in [0.717, 1.165) is 0 Å². The summed E-state index contributed by atoms with van der Waals surface area (Å²) in [4.78, 5) is 23.9. The monoisotopic (exact) mass is 417 g/mol. The van der Waals surface area contributed by atoms with Crippen molar-refractivity contribution >= 4 is 29.1 Å². The van der Waals surface area contributed by atoms with Crippen molar-refractivity contribution in [1.82, 2.24) is 0 Å². The maximum absolute atomic E-state index is 12.8. The number of carbonyl (C=O) groups excluding carboxylic acids is 1. The van der Waals surface area contributed by atoms with Crippen LogP contribution in [0.4, 0.5) is 11.4 Å². The Hall–Kier alpha value is -4.20. The number of anilines is 1. The van der Waals surface area contributed by atoms with Gasteiger partial charge in [0.05, 0.1) is 40.1 Å². The van der Waals surface area contributed by atoms with E-state index in [1.807, 2.05) is 18.2 Å². The van der Waals surface area contributed by atoms with Gasteiger partial charge in [-0.3, -0.25) is 14.9 Å². The summed E-state index contributed by atoms with van der Waals surface area (Å²) in [5, 5.41) is 17.2. The summed E-state index contributed by atoms with van der Waals surface area (Å²) >= 11 is 0. The molecule has 0 unspecified atom stereocenters. The number of amides is 1. The molecule has 2 heterocycles. The quantitative estimate of drug-likeness (QED) is 0.317. The summed E-state index contributed by atoms with van der Waals surface area (Å²) in [7, 11) is 0. The largest absolute Gasteiger partial charge is 0.494 e. The van der Waals surface area contributed by atoms with Crippen LogP contribution in [0.1, 0.15) is 19.6 Å². The highest BCUT2D eigenvalue weighted by atomic mass is 16.6. The van der Waals surface area contributed by atoms with Gasteiger partial charge in [-0.1, -0.05) is 18.2 Å². The van der Waals surface area contributed by atoms with Crippen LogP contribution >= 0.6 is 0 Å². The lowest BCUT2D eigenvalue weighted by atomic mass is 10.1. The van der Waals surface area contributed by atoms with E-state index in [-0.39, 0.29) is 11.6 Å². The number of hydrogen-bond acceptors (Lipinski definition) is 6. The fourth-order valence-electron chi connectivity index (χ4n) is 3.27. The van der Waals surface area contributed by atoms with Gasteiger partial charge in [0.25, 0.3) is 11.6 Å². The number of para-hydroxylation sites is 1. The lowest BCUT2D eigenvalue weighted by Gasteiger charge is -2.10. The van der Waals surface area contributed by atoms with Crippen LogP contribution in [0.5, 0.6) is 5.75 Å². The standard InChI is InChI=1S/C23H19N3O5/c1-3-30-17-9-11-19(21(14-17)26(28)29)22-12-10-18(31-22)13-20-15(2)24-25(23(20)27)16-7-5-4-6-8-16/h4-14H,3H2,1-2H3/b20-13+. The van der Waals surface area contributed by atoms with Gasteiger partial charge in [0.2, 0.25) is 0 Å². The van der Waals surface area contributed by atoms with Crippen LogP contribution in [0.3, 0.4) is 0 Å². The molecule has 8 nitrogen and oxygen atoms in total. The smallest absolute Gasteiger partial charge is 0.284 e. The SMILES string of the molecule is CCOc1ccc(-c2ccc(/C=C3/C(=O)N(c4ccccc4)N=C3C)o2)c([N+](=O)[O-])c1. The third-order valence-electron chi connectivity index (χ3n) is 4.72. The minimum absolute atomic E-state index is 0.121. The molecule has 1 amide bonds. The van der Waals surface area contributed by atoms with E-state index in [9.17, 15) is 14.9 Å². The topological polar surface area (TPSA) is 98.2 Å². The van der Waals surface area contributed by atoms with Gasteiger partial charge < -0.3 is 9.15 Å². The molecule has 4 rings (SSSR count). The first-order chi connectivity index (χ1) is 15.0. The second kappa shape index (κ2) is 8.27. The molecule has 1 aliphatic heterocycles. The minimum atomic E-state index is -0.479. The number of hydrogen-bond donors (Lipinski definition) is 0. The normalized spacial score (nSPS) is 14.8. The summed E-state index contributed by atoms with van der Waals surface area (Å²) in [5.41, 5.74) is 1.82. The molecule has 0 fully saturated rings. The van der Waals surface area contributed by atoms with Crippen LogP contribution in [0.15, 0.2) is 75.8 Å². The first-order valence-electron chi connectivity index (χ1n) is 9.66. The Balaban J connectivity index is 1.64. The van der Waals surface area contributed by atoms with E-state index < -0.39 is 4.92 Å². The number of rotatable bonds is 6. The highest BCUT2D eigenvalue weighted by Crippen LogP contribution is 2.35. The zero-order valence-electron chi connectivity index (χ0n) is 16.9. The van der Waals surface area contributed by atoms with Gasteiger partial charge in [-0.25, -0.2) is 0 Å². The van der Waals surface area contributed by atoms with Gasteiger partial charge in [-0.2, -0.15) is 10.1 Å². The Bertz CT molecular complexity index is 1210. The van der Waals surface area contributed by atoms with Crippen molar-refractivity contribution in [3.8, 4) is 17.1 Å². The van der Waals surface area contributed by atoms with Gasteiger partial charge in [0.1, 0.15) is 17.3 Å². The number of nitrogens with zero attached hydrogens (tertiary/aromatic N) is 3. The van der Waals surface area contributed by atoms with Crippen LogP contribution in [-0.2, 0) is 4.79 Å². The Labute approximate surface area is 178 Å². The predicted octanol–water partition coefficient (Wildman–Crippen LogP) is 5.06. The number of carbonyl (C=O) groups is 1. The van der Waals surface area contributed by atoms with Crippen LogP contribution in [0, 0.1) is 10.1 Å². The summed E-state index contributed by atoms with van der Waals surface area (Å²) in [5.74, 6) is 0.859. The number of hydrazone groups is 1. The molecule has 31 heavy (non-hydrogen) atoms. The fraction of sp³-hybridized carbons (Fsp3) is 0.130. The second-order valence-corrected chi connectivity index (χ2v) is 6.77. The highest BCUT2D eigenvalue weighted by molar-refractivity contribution is 6.32. The number of benzene rings is 2. The van der Waals surface area contributed by atoms with Crippen LogP contribution < -0.4 is 9.75 Å². The van der Waals surface area contributed by atoms with E-state index in [4.69, 9.17) is 9.15 Å². The highest BCUT2D eigenvalue weighted by Gasteiger charge is 2.29. The number of nitro benzene ring substituents is 1. The summed E-state index contributed by atoms with van der Waals surface area (Å²) < 4.78 is 11.2. The molecule has 3 aromatic rings. The molecule has 0 N–H and O–H groups in total. The average Bonchev–Trinajstić information content (AvgIpc) is 3.35. The first-order valence-corrected chi connectivity index (χ1v) is 9.66. The Morgan fingerprint density at radius 3 is 2.65 bits per heavy atom. The summed E-state index contributed by atoms with van der Waals surface area (Å²) in [6, 6.07) is 17.0. The van der Waals surface area contributed by atoms with Gasteiger partial charge in [-0.15, -0.1) is 0 Å². The van der Waals surface area contributed by atoms with Crippen molar-refractivity contribution in [2.24, 2.45) is 5.10 Å². The lowest BCUT2D eigenvalue weighted by molar-refractivity contribution is -0.384. The number of nitro groups is 1. The summed E-state index contributed by atoms with van der Waals surface area (Å²) in [6.45, 7) is 3.96. The van der Waals surface area contributed by atoms with Crippen LogP contribution in [0.25, 0.3) is 17.4 Å². The van der Waals surface area contributed by atoms with E-state index in [2.05, 4.69) is 5.10 Å². The van der Waals surface area contributed by atoms with E-state index in [1.54, 1.807) is 56.3 Å². The van der Waals surface area contributed by atoms with E-state index in [1.165, 1.54) is 11.1 Å². The van der Waals surface area contributed by atoms with Gasteiger partial charge in [0, 0.05) is 0 Å². The van der Waals surface area contributed by atoms with Crippen molar-refractivity contribution in [2.75, 3.05) is 11.6 Å². The van der Waals surface area contributed by atoms with E-state index >= 15 is 0 Å². The molecule has 156 valence electrons. The molecule has 0 bridgehead atoms. The first kappa shape index (κ1) is 20.1. The molecule has 0 spiro atoms. The van der Waals surface area contributed by atoms with Crippen LogP contribution in [0.2, 0.25) is 0 Å². The zero-order valence-corrected chi connectivity index (χ0v) is 16.9. The molecule has 8 heteroatoms. The molecule has 0 saturated carbocycles. The Kier molecular flexibility index (Phi) is 5.36. The maximum atomic E-state index is 12.8. The zero-order chi connectivity index (χ0) is 22.0. The molecular formula is C23H19N3O5. The van der Waals surface area contributed by atoms with Crippen molar-refractivity contribution in [3.05, 3.63) is 82.1 Å². The Morgan fingerprint density at radius 1 is 1.16 bits per heavy atom. The van der Waals surface area contributed by atoms with Gasteiger partial charge in [0.15, 0.2) is 0 Å². The Morgan fingerprint density at radius 2 is 1.94 bits per heavy atom. The van der Waals surface area contributed by atoms with Gasteiger partial charge in [-0.05, 0) is 56.3 Å². The van der Waals surface area contributed by atoms with Crippen molar-refractivity contribution in [2.45, 2.75) is 13.8 Å². The molecule has 0 aliphatic carbocycles. The molecular weight excluding hydrogens is 398 g/mol.